The maximum Gasteiger partial charge on any atom is 0.315 e. The molecular weight excluding hydrogens is 299 g/mol. The van der Waals surface area contributed by atoms with Gasteiger partial charge in [-0.05, 0) is 42.4 Å². The molecule has 1 aromatic carbocycles. The van der Waals surface area contributed by atoms with Crippen molar-refractivity contribution >= 4 is 6.03 Å². The van der Waals surface area contributed by atoms with Gasteiger partial charge in [-0.2, -0.15) is 0 Å². The normalized spacial score (nSPS) is 16.8. The highest BCUT2D eigenvalue weighted by molar-refractivity contribution is 5.73. The Balaban J connectivity index is 1.80. The van der Waals surface area contributed by atoms with E-state index in [-0.39, 0.29) is 24.6 Å². The van der Waals surface area contributed by atoms with Crippen LogP contribution in [0.1, 0.15) is 44.1 Å². The number of phenolic OH excluding ortho intramolecular Hbond substituents is 1. The molecule has 2 amide bonds. The van der Waals surface area contributed by atoms with Crippen molar-refractivity contribution < 1.29 is 19.4 Å². The summed E-state index contributed by atoms with van der Waals surface area (Å²) >= 11 is 0. The molecule has 0 saturated heterocycles. The molecular formula is C17H25FN2O3. The fraction of sp³-hybridized carbons (Fsp3) is 0.588. The lowest BCUT2D eigenvalue weighted by molar-refractivity contribution is 0.127. The number of phenols is 1. The number of urea groups is 1. The summed E-state index contributed by atoms with van der Waals surface area (Å²) in [4.78, 5) is 11.9. The Morgan fingerprint density at radius 2 is 1.96 bits per heavy atom. The SMILES string of the molecule is O=C(NCc1ccc(O)c(F)c1)NCC1(CCO)CCCCC1. The van der Waals surface area contributed by atoms with Crippen LogP contribution in [0.15, 0.2) is 18.2 Å². The average Bonchev–Trinajstić information content (AvgIpc) is 2.55. The van der Waals surface area contributed by atoms with Gasteiger partial charge >= 0.3 is 6.03 Å². The van der Waals surface area contributed by atoms with Crippen molar-refractivity contribution in [1.29, 1.82) is 0 Å². The Hall–Kier alpha value is -1.82. The minimum atomic E-state index is -0.700. The van der Waals surface area contributed by atoms with E-state index in [0.29, 0.717) is 18.5 Å². The Labute approximate surface area is 135 Å². The van der Waals surface area contributed by atoms with Gasteiger partial charge in [-0.3, -0.25) is 0 Å². The Morgan fingerprint density at radius 3 is 2.61 bits per heavy atom. The summed E-state index contributed by atoms with van der Waals surface area (Å²) in [7, 11) is 0. The smallest absolute Gasteiger partial charge is 0.315 e. The minimum Gasteiger partial charge on any atom is -0.505 e. The van der Waals surface area contributed by atoms with Gasteiger partial charge in [0.1, 0.15) is 0 Å². The second-order valence-electron chi connectivity index (χ2n) is 6.36. The first-order valence-corrected chi connectivity index (χ1v) is 8.15. The first kappa shape index (κ1) is 17.5. The van der Waals surface area contributed by atoms with Gasteiger partial charge in [0.25, 0.3) is 0 Å². The van der Waals surface area contributed by atoms with Gasteiger partial charge in [-0.15, -0.1) is 0 Å². The molecule has 5 nitrogen and oxygen atoms in total. The summed E-state index contributed by atoms with van der Waals surface area (Å²) in [6, 6.07) is 3.72. The topological polar surface area (TPSA) is 81.6 Å². The first-order valence-electron chi connectivity index (χ1n) is 8.15. The fourth-order valence-corrected chi connectivity index (χ4v) is 3.23. The molecule has 0 aromatic heterocycles. The fourth-order valence-electron chi connectivity index (χ4n) is 3.23. The van der Waals surface area contributed by atoms with Crippen molar-refractivity contribution in [2.75, 3.05) is 13.2 Å². The van der Waals surface area contributed by atoms with Crippen LogP contribution in [0.25, 0.3) is 0 Å². The molecule has 1 saturated carbocycles. The number of benzene rings is 1. The summed E-state index contributed by atoms with van der Waals surface area (Å²) < 4.78 is 13.2. The third-order valence-corrected chi connectivity index (χ3v) is 4.65. The average molecular weight is 324 g/mol. The zero-order chi connectivity index (χ0) is 16.7. The van der Waals surface area contributed by atoms with E-state index >= 15 is 0 Å². The molecule has 1 aliphatic carbocycles. The maximum absolute atomic E-state index is 13.2. The molecule has 0 spiro atoms. The number of carbonyl (C=O) groups is 1. The van der Waals surface area contributed by atoms with Gasteiger partial charge in [0.2, 0.25) is 0 Å². The van der Waals surface area contributed by atoms with E-state index in [1.165, 1.54) is 18.6 Å². The Morgan fingerprint density at radius 1 is 1.22 bits per heavy atom. The molecule has 128 valence electrons. The van der Waals surface area contributed by atoms with Gasteiger partial charge < -0.3 is 20.8 Å². The summed E-state index contributed by atoms with van der Waals surface area (Å²) in [5.74, 6) is -1.10. The van der Waals surface area contributed by atoms with Crippen LogP contribution in [0.2, 0.25) is 0 Å². The number of aromatic hydroxyl groups is 1. The molecule has 6 heteroatoms. The van der Waals surface area contributed by atoms with Crippen molar-refractivity contribution in [3.63, 3.8) is 0 Å². The van der Waals surface area contributed by atoms with Crippen LogP contribution in [-0.4, -0.2) is 29.4 Å². The molecule has 0 radical (unpaired) electrons. The summed E-state index contributed by atoms with van der Waals surface area (Å²) in [5.41, 5.74) is 0.577. The van der Waals surface area contributed by atoms with E-state index < -0.39 is 11.6 Å². The van der Waals surface area contributed by atoms with Crippen molar-refractivity contribution in [3.05, 3.63) is 29.6 Å². The van der Waals surface area contributed by atoms with Crippen LogP contribution < -0.4 is 10.6 Å². The second-order valence-corrected chi connectivity index (χ2v) is 6.36. The van der Waals surface area contributed by atoms with E-state index in [9.17, 15) is 14.3 Å². The molecule has 0 bridgehead atoms. The van der Waals surface area contributed by atoms with Gasteiger partial charge in [-0.1, -0.05) is 25.3 Å². The van der Waals surface area contributed by atoms with Gasteiger partial charge in [0.15, 0.2) is 11.6 Å². The summed E-state index contributed by atoms with van der Waals surface area (Å²) in [6.07, 6.45) is 6.24. The lowest BCUT2D eigenvalue weighted by Crippen LogP contribution is -2.43. The second kappa shape index (κ2) is 8.15. The Kier molecular flexibility index (Phi) is 6.21. The van der Waals surface area contributed by atoms with E-state index in [1.807, 2.05) is 0 Å². The number of aliphatic hydroxyl groups is 1. The predicted molar refractivity (Wildman–Crippen MR) is 85.5 cm³/mol. The highest BCUT2D eigenvalue weighted by atomic mass is 19.1. The number of carbonyl (C=O) groups excluding carboxylic acids is 1. The molecule has 0 heterocycles. The molecule has 0 aliphatic heterocycles. The number of rotatable bonds is 6. The van der Waals surface area contributed by atoms with Gasteiger partial charge in [0, 0.05) is 19.7 Å². The van der Waals surface area contributed by atoms with Crippen molar-refractivity contribution in [2.24, 2.45) is 5.41 Å². The summed E-state index contributed by atoms with van der Waals surface area (Å²) in [6.45, 7) is 0.870. The molecule has 1 aromatic rings. The van der Waals surface area contributed by atoms with Crippen LogP contribution in [0.5, 0.6) is 5.75 Å². The maximum atomic E-state index is 13.2. The molecule has 23 heavy (non-hydrogen) atoms. The van der Waals surface area contributed by atoms with Crippen molar-refractivity contribution in [3.8, 4) is 5.75 Å². The molecule has 0 atom stereocenters. The zero-order valence-electron chi connectivity index (χ0n) is 13.3. The van der Waals surface area contributed by atoms with Crippen LogP contribution >= 0.6 is 0 Å². The van der Waals surface area contributed by atoms with Crippen LogP contribution in [-0.2, 0) is 6.54 Å². The van der Waals surface area contributed by atoms with Crippen LogP contribution in [0, 0.1) is 11.2 Å². The highest BCUT2D eigenvalue weighted by Gasteiger charge is 2.31. The number of hydrogen-bond donors (Lipinski definition) is 4. The lowest BCUT2D eigenvalue weighted by atomic mass is 9.72. The van der Waals surface area contributed by atoms with E-state index in [2.05, 4.69) is 10.6 Å². The molecule has 4 N–H and O–H groups in total. The van der Waals surface area contributed by atoms with Crippen molar-refractivity contribution in [1.82, 2.24) is 10.6 Å². The third-order valence-electron chi connectivity index (χ3n) is 4.65. The predicted octanol–water partition coefficient (Wildman–Crippen LogP) is 2.66. The lowest BCUT2D eigenvalue weighted by Gasteiger charge is -2.37. The number of nitrogens with one attached hydrogen (secondary N) is 2. The number of amides is 2. The first-order chi connectivity index (χ1) is 11.0. The number of hydrogen-bond acceptors (Lipinski definition) is 3. The largest absolute Gasteiger partial charge is 0.505 e. The van der Waals surface area contributed by atoms with Crippen molar-refractivity contribution in [2.45, 2.75) is 45.1 Å². The van der Waals surface area contributed by atoms with E-state index in [4.69, 9.17) is 5.11 Å². The monoisotopic (exact) mass is 324 g/mol. The minimum absolute atomic E-state index is 0.00498. The number of aliphatic hydroxyl groups excluding tert-OH is 1. The molecule has 1 fully saturated rings. The van der Waals surface area contributed by atoms with Crippen LogP contribution in [0.4, 0.5) is 9.18 Å². The van der Waals surface area contributed by atoms with E-state index in [0.717, 1.165) is 25.7 Å². The highest BCUT2D eigenvalue weighted by Crippen LogP contribution is 2.38. The van der Waals surface area contributed by atoms with Gasteiger partial charge in [0.05, 0.1) is 0 Å². The number of halogens is 1. The quantitative estimate of drug-likeness (QED) is 0.649. The van der Waals surface area contributed by atoms with Gasteiger partial charge in [-0.25, -0.2) is 9.18 Å². The zero-order valence-corrected chi connectivity index (χ0v) is 13.3. The third kappa shape index (κ3) is 5.10. The Bertz CT molecular complexity index is 525. The molecule has 2 rings (SSSR count). The van der Waals surface area contributed by atoms with E-state index in [1.54, 1.807) is 6.07 Å². The van der Waals surface area contributed by atoms with Crippen LogP contribution in [0.3, 0.4) is 0 Å². The molecule has 0 unspecified atom stereocenters. The standard InChI is InChI=1S/C17H25FN2O3/c18-14-10-13(4-5-15(14)22)11-19-16(23)20-12-17(8-9-21)6-2-1-3-7-17/h4-5,10,21-22H,1-3,6-9,11-12H2,(H2,19,20,23). The molecule has 1 aliphatic rings. The summed E-state index contributed by atoms with van der Waals surface area (Å²) in [5, 5.41) is 24.0.